The Kier molecular flexibility index (Phi) is 2.00. The minimum atomic E-state index is 0.0589. The molecule has 3 rings (SSSR count). The Morgan fingerprint density at radius 3 is 2.88 bits per heavy atom. The van der Waals surface area contributed by atoms with Gasteiger partial charge in [0.25, 0.3) is 0 Å². The number of rotatable bonds is 0. The molecule has 1 unspecified atom stereocenters. The maximum absolute atomic E-state index is 11.3. The maximum Gasteiger partial charge on any atom is 0.178 e. The van der Waals surface area contributed by atoms with E-state index in [9.17, 15) is 4.79 Å². The normalized spacial score (nSPS) is 21.6. The van der Waals surface area contributed by atoms with Gasteiger partial charge >= 0.3 is 0 Å². The summed E-state index contributed by atoms with van der Waals surface area (Å²) >= 11 is 0. The molecule has 78 valence electrons. The smallest absolute Gasteiger partial charge is 0.178 e. The largest absolute Gasteiger partial charge is 0.374 e. The van der Waals surface area contributed by atoms with Gasteiger partial charge in [-0.2, -0.15) is 0 Å². The summed E-state index contributed by atoms with van der Waals surface area (Å²) < 4.78 is 0. The van der Waals surface area contributed by atoms with Crippen molar-refractivity contribution in [3.05, 3.63) is 59.7 Å². The zero-order valence-corrected chi connectivity index (χ0v) is 8.68. The summed E-state index contributed by atoms with van der Waals surface area (Å²) in [7, 11) is 0. The fourth-order valence-corrected chi connectivity index (χ4v) is 2.01. The zero-order chi connectivity index (χ0) is 11.0. The molecule has 0 saturated heterocycles. The molecule has 1 heterocycles. The van der Waals surface area contributed by atoms with Crippen LogP contribution in [-0.2, 0) is 4.79 Å². The number of hydrogen-bond donors (Lipinski definition) is 1. The summed E-state index contributed by atoms with van der Waals surface area (Å²) in [5.74, 6) is 0.0589. The molecule has 16 heavy (non-hydrogen) atoms. The minimum absolute atomic E-state index is 0.0589. The number of nitrogens with one attached hydrogen (secondary N) is 1. The highest BCUT2D eigenvalue weighted by atomic mass is 16.1. The van der Waals surface area contributed by atoms with Crippen molar-refractivity contribution in [2.75, 3.05) is 5.32 Å². The van der Waals surface area contributed by atoms with Crippen LogP contribution in [-0.4, -0.2) is 11.8 Å². The number of carbonyl (C=O) groups is 1. The zero-order valence-electron chi connectivity index (χ0n) is 8.68. The standard InChI is InChI=1S/C14H11NO/c16-12-7-8-14-11(9-12)6-5-10-3-1-2-4-13(10)15-14/h1-9,14-15H. The lowest BCUT2D eigenvalue weighted by atomic mass is 10.00. The summed E-state index contributed by atoms with van der Waals surface area (Å²) in [6, 6.07) is 8.23. The molecule has 1 atom stereocenters. The van der Waals surface area contributed by atoms with Gasteiger partial charge in [0.1, 0.15) is 0 Å². The fraction of sp³-hybridized carbons (Fsp3) is 0.0714. The topological polar surface area (TPSA) is 29.1 Å². The highest BCUT2D eigenvalue weighted by molar-refractivity contribution is 6.02. The third-order valence-electron chi connectivity index (χ3n) is 2.85. The van der Waals surface area contributed by atoms with Crippen molar-refractivity contribution < 1.29 is 4.79 Å². The van der Waals surface area contributed by atoms with Crippen molar-refractivity contribution >= 4 is 17.5 Å². The van der Waals surface area contributed by atoms with Crippen molar-refractivity contribution in [3.63, 3.8) is 0 Å². The van der Waals surface area contributed by atoms with Gasteiger partial charge in [-0.3, -0.25) is 4.79 Å². The van der Waals surface area contributed by atoms with Gasteiger partial charge in [-0.05, 0) is 29.4 Å². The Balaban J connectivity index is 2.07. The number of ketones is 1. The van der Waals surface area contributed by atoms with Crippen LogP contribution in [0.1, 0.15) is 5.56 Å². The summed E-state index contributed by atoms with van der Waals surface area (Å²) in [6.07, 6.45) is 9.25. The van der Waals surface area contributed by atoms with E-state index in [1.807, 2.05) is 36.4 Å². The Morgan fingerprint density at radius 2 is 1.94 bits per heavy atom. The molecular weight excluding hydrogens is 198 g/mol. The van der Waals surface area contributed by atoms with Gasteiger partial charge in [0.05, 0.1) is 6.04 Å². The van der Waals surface area contributed by atoms with Crippen LogP contribution in [0.2, 0.25) is 0 Å². The van der Waals surface area contributed by atoms with E-state index in [1.165, 1.54) is 0 Å². The number of allylic oxidation sites excluding steroid dienone is 2. The molecule has 0 amide bonds. The molecule has 0 radical (unpaired) electrons. The second kappa shape index (κ2) is 3.49. The molecule has 1 aliphatic heterocycles. The van der Waals surface area contributed by atoms with Gasteiger partial charge in [-0.25, -0.2) is 0 Å². The Hall–Kier alpha value is -2.09. The van der Waals surface area contributed by atoms with Crippen LogP contribution in [0.4, 0.5) is 5.69 Å². The molecule has 1 N–H and O–H groups in total. The van der Waals surface area contributed by atoms with Crippen LogP contribution in [0, 0.1) is 0 Å². The summed E-state index contributed by atoms with van der Waals surface area (Å²) in [4.78, 5) is 11.3. The molecule has 2 aliphatic rings. The highest BCUT2D eigenvalue weighted by Gasteiger charge is 2.17. The maximum atomic E-state index is 11.3. The molecule has 0 bridgehead atoms. The van der Waals surface area contributed by atoms with Gasteiger partial charge in [-0.1, -0.05) is 36.4 Å². The van der Waals surface area contributed by atoms with Gasteiger partial charge in [0.15, 0.2) is 5.78 Å². The molecule has 0 aromatic heterocycles. The highest BCUT2D eigenvalue weighted by Crippen LogP contribution is 2.26. The summed E-state index contributed by atoms with van der Waals surface area (Å²) in [5.41, 5.74) is 3.27. The average molecular weight is 209 g/mol. The van der Waals surface area contributed by atoms with E-state index in [4.69, 9.17) is 0 Å². The van der Waals surface area contributed by atoms with E-state index in [0.29, 0.717) is 0 Å². The Bertz CT molecular complexity index is 537. The van der Waals surface area contributed by atoms with Crippen molar-refractivity contribution in [2.24, 2.45) is 0 Å². The van der Waals surface area contributed by atoms with E-state index in [0.717, 1.165) is 16.8 Å². The number of benzene rings is 1. The molecular formula is C14H11NO. The van der Waals surface area contributed by atoms with Crippen LogP contribution in [0.3, 0.4) is 0 Å². The fourth-order valence-electron chi connectivity index (χ4n) is 2.01. The van der Waals surface area contributed by atoms with Crippen LogP contribution in [0.5, 0.6) is 0 Å². The van der Waals surface area contributed by atoms with E-state index in [2.05, 4.69) is 11.4 Å². The summed E-state index contributed by atoms with van der Waals surface area (Å²) in [5, 5.41) is 3.41. The Labute approximate surface area is 94.0 Å². The number of anilines is 1. The van der Waals surface area contributed by atoms with Gasteiger partial charge in [0, 0.05) is 5.69 Å². The van der Waals surface area contributed by atoms with E-state index >= 15 is 0 Å². The second-order valence-corrected chi connectivity index (χ2v) is 3.95. The third-order valence-corrected chi connectivity index (χ3v) is 2.85. The molecule has 1 aliphatic carbocycles. The first-order chi connectivity index (χ1) is 7.83. The van der Waals surface area contributed by atoms with Gasteiger partial charge < -0.3 is 5.32 Å². The molecule has 0 saturated carbocycles. The van der Waals surface area contributed by atoms with Crippen LogP contribution in [0.15, 0.2) is 54.1 Å². The number of hydrogen-bond acceptors (Lipinski definition) is 2. The van der Waals surface area contributed by atoms with Crippen molar-refractivity contribution in [3.8, 4) is 0 Å². The predicted octanol–water partition coefficient (Wildman–Crippen LogP) is 2.56. The van der Waals surface area contributed by atoms with Crippen molar-refractivity contribution in [1.29, 1.82) is 0 Å². The van der Waals surface area contributed by atoms with Crippen LogP contribution in [0.25, 0.3) is 6.08 Å². The van der Waals surface area contributed by atoms with Crippen molar-refractivity contribution in [2.45, 2.75) is 6.04 Å². The minimum Gasteiger partial charge on any atom is -0.374 e. The number of fused-ring (bicyclic) bond motifs is 2. The molecule has 0 spiro atoms. The van der Waals surface area contributed by atoms with E-state index < -0.39 is 0 Å². The Morgan fingerprint density at radius 1 is 1.06 bits per heavy atom. The van der Waals surface area contributed by atoms with Crippen LogP contribution < -0.4 is 5.32 Å². The molecule has 1 aromatic carbocycles. The number of carbonyl (C=O) groups excluding carboxylic acids is 1. The first kappa shape index (κ1) is 9.16. The van der Waals surface area contributed by atoms with E-state index in [1.54, 1.807) is 12.2 Å². The SMILES string of the molecule is O=C1C=CC2Nc3ccccc3C=CC2=C1. The van der Waals surface area contributed by atoms with Gasteiger partial charge in [-0.15, -0.1) is 0 Å². The van der Waals surface area contributed by atoms with Gasteiger partial charge in [0.2, 0.25) is 0 Å². The molecule has 1 aromatic rings. The van der Waals surface area contributed by atoms with Crippen LogP contribution >= 0.6 is 0 Å². The molecule has 0 fully saturated rings. The first-order valence-electron chi connectivity index (χ1n) is 5.30. The van der Waals surface area contributed by atoms with E-state index in [-0.39, 0.29) is 11.8 Å². The summed E-state index contributed by atoms with van der Waals surface area (Å²) in [6.45, 7) is 0. The molecule has 2 nitrogen and oxygen atoms in total. The lowest BCUT2D eigenvalue weighted by Crippen LogP contribution is -2.21. The average Bonchev–Trinajstić information content (AvgIpc) is 2.48. The lowest BCUT2D eigenvalue weighted by Gasteiger charge is -2.18. The monoisotopic (exact) mass is 209 g/mol. The number of para-hydroxylation sites is 1. The van der Waals surface area contributed by atoms with Crippen molar-refractivity contribution in [1.82, 2.24) is 0 Å². The third kappa shape index (κ3) is 1.48. The first-order valence-corrected chi connectivity index (χ1v) is 5.30. The molecule has 2 heteroatoms. The quantitative estimate of drug-likeness (QED) is 0.711. The second-order valence-electron chi connectivity index (χ2n) is 3.95. The predicted molar refractivity (Wildman–Crippen MR) is 65.1 cm³/mol. The lowest BCUT2D eigenvalue weighted by molar-refractivity contribution is -0.110.